The van der Waals surface area contributed by atoms with E-state index in [-0.39, 0.29) is 16.3 Å². The molecule has 0 aromatic carbocycles. The molecule has 13 heavy (non-hydrogen) atoms. The van der Waals surface area contributed by atoms with E-state index in [4.69, 9.17) is 7.85 Å². The summed E-state index contributed by atoms with van der Waals surface area (Å²) >= 11 is 0. The van der Waals surface area contributed by atoms with Crippen LogP contribution in [0.3, 0.4) is 0 Å². The maximum Gasteiger partial charge on any atom is 0.178 e. The molecule has 0 atom stereocenters. The Morgan fingerprint density at radius 3 is 2.92 bits per heavy atom. The van der Waals surface area contributed by atoms with Gasteiger partial charge in [-0.1, -0.05) is 6.92 Å². The topological polar surface area (TPSA) is 67.3 Å². The number of rotatable bonds is 3. The predicted molar refractivity (Wildman–Crippen MR) is 47.9 cm³/mol. The van der Waals surface area contributed by atoms with Gasteiger partial charge in [0.1, 0.15) is 0 Å². The fraction of sp³-hybridized carbons (Fsp3) is 0.375. The molecular weight excluding hydrogens is 190 g/mol. The number of aromatic nitrogens is 1. The summed E-state index contributed by atoms with van der Waals surface area (Å²) in [5.74, 6) is -0.0785. The van der Waals surface area contributed by atoms with E-state index in [0.29, 0.717) is 0 Å². The lowest BCUT2D eigenvalue weighted by molar-refractivity contribution is 0.276. The number of hydrogen-bond donors (Lipinski definition) is 1. The molecule has 0 aliphatic heterocycles. The normalized spacial score (nSPS) is 14.9. The molecule has 0 aliphatic carbocycles. The van der Waals surface area contributed by atoms with Crippen LogP contribution in [0.1, 0.15) is 15.4 Å². The molecule has 0 fully saturated rings. The zero-order valence-corrected chi connectivity index (χ0v) is 7.87. The lowest BCUT2D eigenvalue weighted by Gasteiger charge is -2.01. The SMILES string of the molecule is [2H]C([2H])(O)c1cc(S(=O)(=O)CC)ccn1. The maximum atomic E-state index is 11.4. The summed E-state index contributed by atoms with van der Waals surface area (Å²) in [4.78, 5) is 3.53. The van der Waals surface area contributed by atoms with Crippen molar-refractivity contribution >= 4 is 9.84 Å². The fourth-order valence-electron chi connectivity index (χ4n) is 0.832. The molecule has 4 nitrogen and oxygen atoms in total. The molecule has 72 valence electrons. The van der Waals surface area contributed by atoms with Gasteiger partial charge in [-0.2, -0.15) is 0 Å². The second-order valence-electron chi connectivity index (χ2n) is 2.39. The first kappa shape index (κ1) is 7.46. The van der Waals surface area contributed by atoms with Crippen LogP contribution in [0.25, 0.3) is 0 Å². The molecule has 0 unspecified atom stereocenters. The van der Waals surface area contributed by atoms with Crippen LogP contribution < -0.4 is 0 Å². The lowest BCUT2D eigenvalue weighted by atomic mass is 10.4. The highest BCUT2D eigenvalue weighted by molar-refractivity contribution is 7.91. The van der Waals surface area contributed by atoms with E-state index in [1.54, 1.807) is 0 Å². The van der Waals surface area contributed by atoms with Gasteiger partial charge in [0.05, 0.1) is 25.6 Å². The van der Waals surface area contributed by atoms with Crippen LogP contribution in [0.4, 0.5) is 0 Å². The summed E-state index contributed by atoms with van der Waals surface area (Å²) < 4.78 is 36.9. The molecule has 1 aromatic rings. The van der Waals surface area contributed by atoms with Crippen LogP contribution in [0.15, 0.2) is 23.2 Å². The molecule has 5 heteroatoms. The lowest BCUT2D eigenvalue weighted by Crippen LogP contribution is -2.04. The van der Waals surface area contributed by atoms with E-state index < -0.39 is 16.4 Å². The maximum absolute atomic E-state index is 11.4. The Kier molecular flexibility index (Phi) is 2.21. The van der Waals surface area contributed by atoms with Gasteiger partial charge in [-0.25, -0.2) is 8.42 Å². The van der Waals surface area contributed by atoms with Gasteiger partial charge >= 0.3 is 0 Å². The van der Waals surface area contributed by atoms with E-state index in [1.165, 1.54) is 13.0 Å². The first-order valence-electron chi connectivity index (χ1n) is 4.69. The number of nitrogens with zero attached hydrogens (tertiary/aromatic N) is 1. The van der Waals surface area contributed by atoms with E-state index in [9.17, 15) is 8.42 Å². The standard InChI is InChI=1S/C8H11NO3S/c1-2-13(11,12)8-3-4-9-7(5-8)6-10/h3-5,10H,2,6H2,1H3/i6D2. The average molecular weight is 203 g/mol. The van der Waals surface area contributed by atoms with Crippen LogP contribution in [0.5, 0.6) is 0 Å². The molecule has 1 heterocycles. The molecule has 0 amide bonds. The van der Waals surface area contributed by atoms with Crippen molar-refractivity contribution in [3.63, 3.8) is 0 Å². The fourth-order valence-corrected chi connectivity index (χ4v) is 1.73. The van der Waals surface area contributed by atoms with E-state index in [1.807, 2.05) is 0 Å². The Labute approximate surface area is 80.0 Å². The molecule has 0 saturated carbocycles. The summed E-state index contributed by atoms with van der Waals surface area (Å²) in [6.45, 7) is -1.14. The Morgan fingerprint density at radius 2 is 2.38 bits per heavy atom. The monoisotopic (exact) mass is 203 g/mol. The highest BCUT2D eigenvalue weighted by atomic mass is 32.2. The molecule has 0 spiro atoms. The van der Waals surface area contributed by atoms with Crippen LogP contribution in [-0.2, 0) is 16.4 Å². The summed E-state index contributed by atoms with van der Waals surface area (Å²) in [6, 6.07) is 2.31. The van der Waals surface area contributed by atoms with Crippen LogP contribution in [-0.4, -0.2) is 24.3 Å². The third kappa shape index (κ3) is 2.26. The molecule has 1 rings (SSSR count). The highest BCUT2D eigenvalue weighted by Gasteiger charge is 2.11. The minimum absolute atomic E-state index is 0.0343. The number of sulfone groups is 1. The quantitative estimate of drug-likeness (QED) is 0.770. The molecule has 0 saturated heterocycles. The average Bonchev–Trinajstić information content (AvgIpc) is 2.17. The summed E-state index contributed by atoms with van der Waals surface area (Å²) in [7, 11) is -3.40. The number of aliphatic hydroxyl groups is 1. The summed E-state index contributed by atoms with van der Waals surface area (Å²) in [5, 5.41) is 9.03. The molecule has 0 bridgehead atoms. The van der Waals surface area contributed by atoms with Gasteiger partial charge in [0.25, 0.3) is 0 Å². The molecule has 0 aliphatic rings. The first-order valence-corrected chi connectivity index (χ1v) is 5.34. The third-order valence-corrected chi connectivity index (χ3v) is 3.32. The Balaban J connectivity index is 3.27. The highest BCUT2D eigenvalue weighted by Crippen LogP contribution is 2.10. The zero-order chi connectivity index (χ0) is 11.7. The van der Waals surface area contributed by atoms with Crippen molar-refractivity contribution in [1.29, 1.82) is 0 Å². The van der Waals surface area contributed by atoms with Crippen molar-refractivity contribution in [2.75, 3.05) is 5.75 Å². The van der Waals surface area contributed by atoms with Crippen molar-refractivity contribution in [3.8, 4) is 0 Å². The van der Waals surface area contributed by atoms with Gasteiger partial charge in [-0.05, 0) is 12.1 Å². The van der Waals surface area contributed by atoms with E-state index >= 15 is 0 Å². The van der Waals surface area contributed by atoms with Gasteiger partial charge in [0, 0.05) is 6.20 Å². The van der Waals surface area contributed by atoms with Crippen LogP contribution >= 0.6 is 0 Å². The second-order valence-corrected chi connectivity index (χ2v) is 4.67. The van der Waals surface area contributed by atoms with E-state index in [0.717, 1.165) is 12.3 Å². The van der Waals surface area contributed by atoms with Gasteiger partial charge in [0.15, 0.2) is 9.84 Å². The zero-order valence-electron chi connectivity index (χ0n) is 9.06. The molecule has 1 aromatic heterocycles. The van der Waals surface area contributed by atoms with Gasteiger partial charge in [-0.3, -0.25) is 4.98 Å². The van der Waals surface area contributed by atoms with Gasteiger partial charge in [-0.15, -0.1) is 0 Å². The minimum atomic E-state index is -3.40. The third-order valence-electron chi connectivity index (χ3n) is 1.59. The Bertz CT molecular complexity index is 453. The van der Waals surface area contributed by atoms with Crippen molar-refractivity contribution in [2.45, 2.75) is 18.4 Å². The summed E-state index contributed by atoms with van der Waals surface area (Å²) in [5.41, 5.74) is -0.308. The largest absolute Gasteiger partial charge is 0.390 e. The number of pyridine rings is 1. The minimum Gasteiger partial charge on any atom is -0.390 e. The molecule has 1 N–H and O–H groups in total. The van der Waals surface area contributed by atoms with Crippen LogP contribution in [0.2, 0.25) is 0 Å². The number of hydrogen-bond acceptors (Lipinski definition) is 4. The van der Waals surface area contributed by atoms with Gasteiger partial charge in [0.2, 0.25) is 0 Å². The van der Waals surface area contributed by atoms with Crippen molar-refractivity contribution in [3.05, 3.63) is 24.0 Å². The molecule has 0 radical (unpaired) electrons. The predicted octanol–water partition coefficient (Wildman–Crippen LogP) is 0.367. The van der Waals surface area contributed by atoms with Crippen molar-refractivity contribution in [1.82, 2.24) is 4.98 Å². The smallest absolute Gasteiger partial charge is 0.178 e. The molecular formula is C8H11NO3S. The summed E-state index contributed by atoms with van der Waals surface area (Å²) in [6.07, 6.45) is 1.16. The first-order chi connectivity index (χ1) is 6.77. The van der Waals surface area contributed by atoms with Crippen molar-refractivity contribution < 1.29 is 16.3 Å². The van der Waals surface area contributed by atoms with Crippen molar-refractivity contribution in [2.24, 2.45) is 0 Å². The van der Waals surface area contributed by atoms with Crippen LogP contribution in [0, 0.1) is 0 Å². The Hall–Kier alpha value is -0.940. The van der Waals surface area contributed by atoms with Gasteiger partial charge < -0.3 is 5.11 Å². The second kappa shape index (κ2) is 3.85. The Morgan fingerprint density at radius 1 is 1.69 bits per heavy atom. The van der Waals surface area contributed by atoms with E-state index in [2.05, 4.69) is 4.98 Å².